The van der Waals surface area contributed by atoms with Gasteiger partial charge in [-0.1, -0.05) is 0 Å². The van der Waals surface area contributed by atoms with E-state index in [1.165, 1.54) is 10.8 Å². The quantitative estimate of drug-likeness (QED) is 0.601. The van der Waals surface area contributed by atoms with E-state index >= 15 is 0 Å². The molecule has 0 bridgehead atoms. The van der Waals surface area contributed by atoms with E-state index in [1.807, 2.05) is 0 Å². The predicted molar refractivity (Wildman–Crippen MR) is 41.4 cm³/mol. The fourth-order valence-corrected chi connectivity index (χ4v) is 0.785. The number of hydrogen-bond donors (Lipinski definition) is 1. The molecular weight excluding hydrogens is 144 g/mol. The molecule has 1 radical (unpaired) electrons. The number of aromatic amines is 1. The fraction of sp³-hybridized carbons (Fsp3) is 0.286. The molecule has 1 heterocycles. The SMILES string of the molecule is [CH2]Cn1cc(C)c(=O)[nH]c1=O. The first-order chi connectivity index (χ1) is 5.15. The number of aromatic nitrogens is 2. The molecule has 0 saturated heterocycles. The third-order valence-corrected chi connectivity index (χ3v) is 1.43. The van der Waals surface area contributed by atoms with Gasteiger partial charge in [-0.25, -0.2) is 4.79 Å². The van der Waals surface area contributed by atoms with Crippen LogP contribution in [0.4, 0.5) is 0 Å². The number of rotatable bonds is 1. The highest BCUT2D eigenvalue weighted by atomic mass is 16.2. The monoisotopic (exact) mass is 153 g/mol. The van der Waals surface area contributed by atoms with Gasteiger partial charge in [0.2, 0.25) is 0 Å². The summed E-state index contributed by atoms with van der Waals surface area (Å²) in [5.41, 5.74) is -0.219. The molecule has 0 atom stereocenters. The molecule has 0 amide bonds. The Kier molecular flexibility index (Phi) is 1.94. The van der Waals surface area contributed by atoms with Gasteiger partial charge < -0.3 is 4.57 Å². The third-order valence-electron chi connectivity index (χ3n) is 1.43. The molecule has 0 aliphatic carbocycles. The summed E-state index contributed by atoms with van der Waals surface area (Å²) in [6.07, 6.45) is 1.49. The summed E-state index contributed by atoms with van der Waals surface area (Å²) in [5, 5.41) is 0. The summed E-state index contributed by atoms with van der Waals surface area (Å²) in [7, 11) is 0. The maximum Gasteiger partial charge on any atom is 0.328 e. The van der Waals surface area contributed by atoms with Gasteiger partial charge in [-0.3, -0.25) is 9.78 Å². The Balaban J connectivity index is 3.45. The van der Waals surface area contributed by atoms with Crippen LogP contribution in [0.5, 0.6) is 0 Å². The first-order valence-electron chi connectivity index (χ1n) is 3.24. The number of hydrogen-bond acceptors (Lipinski definition) is 2. The van der Waals surface area contributed by atoms with Gasteiger partial charge in [0.25, 0.3) is 5.56 Å². The van der Waals surface area contributed by atoms with Crippen LogP contribution in [-0.4, -0.2) is 9.55 Å². The Morgan fingerprint density at radius 1 is 1.64 bits per heavy atom. The van der Waals surface area contributed by atoms with Gasteiger partial charge in [-0.05, 0) is 13.8 Å². The van der Waals surface area contributed by atoms with Gasteiger partial charge in [-0.2, -0.15) is 0 Å². The Morgan fingerprint density at radius 2 is 2.27 bits per heavy atom. The van der Waals surface area contributed by atoms with Crippen LogP contribution in [0.25, 0.3) is 0 Å². The van der Waals surface area contributed by atoms with Crippen molar-refractivity contribution in [1.82, 2.24) is 9.55 Å². The minimum Gasteiger partial charge on any atom is -0.300 e. The molecular formula is C7H9N2O2. The molecule has 0 unspecified atom stereocenters. The second-order valence-electron chi connectivity index (χ2n) is 2.26. The van der Waals surface area contributed by atoms with E-state index in [0.29, 0.717) is 12.1 Å². The number of aryl methyl sites for hydroxylation is 1. The summed E-state index contributed by atoms with van der Waals surface area (Å²) >= 11 is 0. The molecule has 1 N–H and O–H groups in total. The van der Waals surface area contributed by atoms with E-state index in [4.69, 9.17) is 0 Å². The van der Waals surface area contributed by atoms with Crippen LogP contribution in [-0.2, 0) is 6.54 Å². The lowest BCUT2D eigenvalue weighted by molar-refractivity contribution is 0.726. The average Bonchev–Trinajstić information content (AvgIpc) is 1.97. The first kappa shape index (κ1) is 7.78. The van der Waals surface area contributed by atoms with Gasteiger partial charge in [0.1, 0.15) is 0 Å². The van der Waals surface area contributed by atoms with Crippen molar-refractivity contribution < 1.29 is 0 Å². The molecule has 0 fully saturated rings. The molecule has 11 heavy (non-hydrogen) atoms. The van der Waals surface area contributed by atoms with Crippen molar-refractivity contribution in [3.63, 3.8) is 0 Å². The standard InChI is InChI=1S/C7H9N2O2/c1-3-9-4-5(2)6(10)8-7(9)11/h4H,1,3H2,2H3,(H,8,10,11). The zero-order valence-electron chi connectivity index (χ0n) is 6.26. The van der Waals surface area contributed by atoms with Crippen molar-refractivity contribution in [2.75, 3.05) is 0 Å². The molecule has 0 aromatic carbocycles. The van der Waals surface area contributed by atoms with E-state index in [1.54, 1.807) is 6.92 Å². The lowest BCUT2D eigenvalue weighted by Gasteiger charge is -1.99. The van der Waals surface area contributed by atoms with Gasteiger partial charge >= 0.3 is 5.69 Å². The van der Waals surface area contributed by atoms with E-state index in [9.17, 15) is 9.59 Å². The van der Waals surface area contributed by atoms with Crippen LogP contribution in [0.3, 0.4) is 0 Å². The molecule has 1 aromatic rings. The van der Waals surface area contributed by atoms with Crippen molar-refractivity contribution in [3.8, 4) is 0 Å². The Morgan fingerprint density at radius 3 is 2.82 bits per heavy atom. The van der Waals surface area contributed by atoms with E-state index in [2.05, 4.69) is 11.9 Å². The van der Waals surface area contributed by atoms with Crippen molar-refractivity contribution in [2.45, 2.75) is 13.5 Å². The number of nitrogens with one attached hydrogen (secondary N) is 1. The van der Waals surface area contributed by atoms with Gasteiger partial charge in [0, 0.05) is 18.3 Å². The average molecular weight is 153 g/mol. The molecule has 0 aliphatic rings. The minimum absolute atomic E-state index is 0.330. The Hall–Kier alpha value is -1.32. The van der Waals surface area contributed by atoms with Crippen molar-refractivity contribution in [2.24, 2.45) is 0 Å². The first-order valence-corrected chi connectivity index (χ1v) is 3.24. The fourth-order valence-electron chi connectivity index (χ4n) is 0.785. The molecule has 1 rings (SSSR count). The largest absolute Gasteiger partial charge is 0.328 e. The molecule has 1 aromatic heterocycles. The van der Waals surface area contributed by atoms with Crippen molar-refractivity contribution in [1.29, 1.82) is 0 Å². The normalized spacial score (nSPS) is 10.0. The second kappa shape index (κ2) is 2.74. The van der Waals surface area contributed by atoms with Crippen molar-refractivity contribution >= 4 is 0 Å². The summed E-state index contributed by atoms with van der Waals surface area (Å²) in [6, 6.07) is 0. The smallest absolute Gasteiger partial charge is 0.300 e. The molecule has 0 aliphatic heterocycles. The minimum atomic E-state index is -0.407. The summed E-state index contributed by atoms with van der Waals surface area (Å²) in [4.78, 5) is 23.9. The second-order valence-corrected chi connectivity index (χ2v) is 2.26. The highest BCUT2D eigenvalue weighted by Gasteiger charge is 1.96. The molecule has 59 valence electrons. The summed E-state index contributed by atoms with van der Waals surface area (Å²) in [6.45, 7) is 5.50. The Labute approximate surface area is 63.5 Å². The van der Waals surface area contributed by atoms with Gasteiger partial charge in [-0.15, -0.1) is 0 Å². The van der Waals surface area contributed by atoms with Crippen LogP contribution in [0.2, 0.25) is 0 Å². The van der Waals surface area contributed by atoms with Gasteiger partial charge in [0.05, 0.1) is 0 Å². The topological polar surface area (TPSA) is 54.9 Å². The highest BCUT2D eigenvalue weighted by Crippen LogP contribution is 1.81. The lowest BCUT2D eigenvalue weighted by Crippen LogP contribution is -2.30. The molecule has 0 spiro atoms. The molecule has 0 saturated carbocycles. The summed E-state index contributed by atoms with van der Waals surface area (Å²) in [5.74, 6) is 0. The predicted octanol–water partition coefficient (Wildman–Crippen LogP) is -0.321. The van der Waals surface area contributed by atoms with E-state index in [0.717, 1.165) is 0 Å². The maximum atomic E-state index is 10.9. The van der Waals surface area contributed by atoms with Crippen LogP contribution in [0.1, 0.15) is 5.56 Å². The summed E-state index contributed by atoms with van der Waals surface area (Å²) < 4.78 is 1.34. The zero-order chi connectivity index (χ0) is 8.43. The van der Waals surface area contributed by atoms with Crippen LogP contribution in [0, 0.1) is 13.8 Å². The van der Waals surface area contributed by atoms with Gasteiger partial charge in [0.15, 0.2) is 0 Å². The number of H-pyrrole nitrogens is 1. The Bertz CT molecular complexity index is 361. The highest BCUT2D eigenvalue weighted by molar-refractivity contribution is 5.00. The third kappa shape index (κ3) is 1.39. The number of nitrogens with zero attached hydrogens (tertiary/aromatic N) is 1. The van der Waals surface area contributed by atoms with Crippen LogP contribution in [0.15, 0.2) is 15.8 Å². The molecule has 4 nitrogen and oxygen atoms in total. The maximum absolute atomic E-state index is 10.9. The lowest BCUT2D eigenvalue weighted by atomic mass is 10.4. The van der Waals surface area contributed by atoms with Crippen LogP contribution >= 0.6 is 0 Å². The molecule has 4 heteroatoms. The van der Waals surface area contributed by atoms with Crippen molar-refractivity contribution in [3.05, 3.63) is 39.5 Å². The van der Waals surface area contributed by atoms with E-state index in [-0.39, 0.29) is 5.56 Å². The zero-order valence-corrected chi connectivity index (χ0v) is 6.26. The van der Waals surface area contributed by atoms with E-state index < -0.39 is 5.69 Å². The van der Waals surface area contributed by atoms with Crippen LogP contribution < -0.4 is 11.2 Å².